The molecule has 0 spiro atoms. The van der Waals surface area contributed by atoms with Gasteiger partial charge in [-0.15, -0.1) is 0 Å². The molecule has 1 aliphatic carbocycles. The molecule has 5 nitrogen and oxygen atoms in total. The second-order valence-electron chi connectivity index (χ2n) is 4.86. The number of nitrogens with one attached hydrogen (secondary N) is 1. The van der Waals surface area contributed by atoms with Gasteiger partial charge >= 0.3 is 0 Å². The molecule has 1 aliphatic rings. The molecule has 0 aromatic carbocycles. The first-order chi connectivity index (χ1) is 9.03. The number of aliphatic hydroxyl groups excluding tert-OH is 1. The molecule has 2 N–H and O–H groups in total. The van der Waals surface area contributed by atoms with Gasteiger partial charge in [0.2, 0.25) is 10.0 Å². The monoisotopic (exact) mass is 351 g/mol. The largest absolute Gasteiger partial charge is 0.450 e. The molecular formula is C12H18BrNO4S. The van der Waals surface area contributed by atoms with Crippen molar-refractivity contribution in [1.29, 1.82) is 0 Å². The van der Waals surface area contributed by atoms with Crippen LogP contribution in [0.1, 0.15) is 37.9 Å². The van der Waals surface area contributed by atoms with Gasteiger partial charge in [0.05, 0.1) is 0 Å². The van der Waals surface area contributed by atoms with Crippen molar-refractivity contribution < 1.29 is 17.9 Å². The number of halogens is 1. The van der Waals surface area contributed by atoms with E-state index in [1.165, 1.54) is 25.3 Å². The van der Waals surface area contributed by atoms with Gasteiger partial charge in [0.15, 0.2) is 4.67 Å². The molecule has 1 heterocycles. The van der Waals surface area contributed by atoms with E-state index in [0.29, 0.717) is 12.5 Å². The smallest absolute Gasteiger partial charge is 0.244 e. The van der Waals surface area contributed by atoms with Gasteiger partial charge in [0.25, 0.3) is 0 Å². The fraction of sp³-hybridized carbons (Fsp3) is 0.667. The van der Waals surface area contributed by atoms with Crippen molar-refractivity contribution in [2.45, 2.75) is 43.6 Å². The zero-order valence-corrected chi connectivity index (χ0v) is 13.0. The van der Waals surface area contributed by atoms with Crippen molar-refractivity contribution in [3.63, 3.8) is 0 Å². The average molecular weight is 352 g/mol. The van der Waals surface area contributed by atoms with Crippen LogP contribution in [0.2, 0.25) is 0 Å². The van der Waals surface area contributed by atoms with Crippen LogP contribution in [0.5, 0.6) is 0 Å². The molecule has 7 heteroatoms. The fourth-order valence-electron chi connectivity index (χ4n) is 2.36. The van der Waals surface area contributed by atoms with Crippen LogP contribution in [0, 0.1) is 5.92 Å². The van der Waals surface area contributed by atoms with Crippen molar-refractivity contribution in [3.8, 4) is 0 Å². The molecule has 1 fully saturated rings. The minimum absolute atomic E-state index is 0.0485. The van der Waals surface area contributed by atoms with Crippen molar-refractivity contribution in [1.82, 2.24) is 4.72 Å². The fourth-order valence-corrected chi connectivity index (χ4v) is 4.47. The van der Waals surface area contributed by atoms with Crippen molar-refractivity contribution in [2.24, 2.45) is 5.92 Å². The molecule has 0 saturated heterocycles. The first-order valence-electron chi connectivity index (χ1n) is 6.41. The molecule has 2 rings (SSSR count). The maximum Gasteiger partial charge on any atom is 0.244 e. The Kier molecular flexibility index (Phi) is 5.05. The van der Waals surface area contributed by atoms with E-state index in [4.69, 9.17) is 9.52 Å². The van der Waals surface area contributed by atoms with Crippen LogP contribution in [-0.2, 0) is 16.6 Å². The summed E-state index contributed by atoms with van der Waals surface area (Å²) in [5.74, 6) is 0.649. The zero-order valence-electron chi connectivity index (χ0n) is 10.6. The molecule has 1 aromatic heterocycles. The van der Waals surface area contributed by atoms with Gasteiger partial charge in [0.1, 0.15) is 17.3 Å². The third kappa shape index (κ3) is 3.81. The molecule has 0 unspecified atom stereocenters. The minimum atomic E-state index is -3.58. The Bertz CT molecular complexity index is 520. The lowest BCUT2D eigenvalue weighted by atomic mass is 9.90. The highest BCUT2D eigenvalue weighted by Crippen LogP contribution is 2.27. The number of rotatable bonds is 5. The second kappa shape index (κ2) is 6.39. The van der Waals surface area contributed by atoms with Crippen molar-refractivity contribution >= 4 is 26.0 Å². The molecule has 0 aliphatic heterocycles. The quantitative estimate of drug-likeness (QED) is 0.853. The van der Waals surface area contributed by atoms with Gasteiger partial charge in [0, 0.05) is 12.6 Å². The SMILES string of the molecule is O=S(=O)(NCC1CCCCC1)c1cc(CO)oc1Br. The Morgan fingerprint density at radius 1 is 1.37 bits per heavy atom. The summed E-state index contributed by atoms with van der Waals surface area (Å²) in [6.45, 7) is 0.144. The molecule has 1 saturated carbocycles. The average Bonchev–Trinajstić information content (AvgIpc) is 2.80. The second-order valence-corrected chi connectivity index (χ2v) is 7.32. The first kappa shape index (κ1) is 15.0. The van der Waals surface area contributed by atoms with Gasteiger partial charge in [-0.2, -0.15) is 0 Å². The van der Waals surface area contributed by atoms with Crippen LogP contribution in [0.25, 0.3) is 0 Å². The summed E-state index contributed by atoms with van der Waals surface area (Å²) in [4.78, 5) is 0.0485. The summed E-state index contributed by atoms with van der Waals surface area (Å²) in [6.07, 6.45) is 5.76. The van der Waals surface area contributed by atoms with E-state index >= 15 is 0 Å². The molecule has 0 amide bonds. The van der Waals surface area contributed by atoms with E-state index in [0.717, 1.165) is 12.8 Å². The van der Waals surface area contributed by atoms with Crippen LogP contribution in [0.3, 0.4) is 0 Å². The Hall–Kier alpha value is -0.370. The highest BCUT2D eigenvalue weighted by molar-refractivity contribution is 9.10. The van der Waals surface area contributed by atoms with Gasteiger partial charge in [-0.3, -0.25) is 0 Å². The van der Waals surface area contributed by atoms with E-state index in [1.807, 2.05) is 0 Å². The minimum Gasteiger partial charge on any atom is -0.450 e. The highest BCUT2D eigenvalue weighted by Gasteiger charge is 2.24. The van der Waals surface area contributed by atoms with Crippen LogP contribution in [0.4, 0.5) is 0 Å². The summed E-state index contributed by atoms with van der Waals surface area (Å²) in [5, 5.41) is 8.95. The Morgan fingerprint density at radius 2 is 2.05 bits per heavy atom. The number of hydrogen-bond acceptors (Lipinski definition) is 4. The van der Waals surface area contributed by atoms with Gasteiger partial charge < -0.3 is 9.52 Å². The van der Waals surface area contributed by atoms with Crippen LogP contribution < -0.4 is 4.72 Å². The molecule has 0 bridgehead atoms. The van der Waals surface area contributed by atoms with Gasteiger partial charge in [-0.1, -0.05) is 19.3 Å². The number of hydrogen-bond donors (Lipinski definition) is 2. The van der Waals surface area contributed by atoms with Crippen LogP contribution >= 0.6 is 15.9 Å². The van der Waals surface area contributed by atoms with E-state index < -0.39 is 10.0 Å². The Labute approximate surface area is 121 Å². The molecule has 0 radical (unpaired) electrons. The zero-order chi connectivity index (χ0) is 13.9. The third-order valence-electron chi connectivity index (χ3n) is 3.44. The topological polar surface area (TPSA) is 79.5 Å². The normalized spacial score (nSPS) is 17.8. The number of sulfonamides is 1. The van der Waals surface area contributed by atoms with Crippen molar-refractivity contribution in [3.05, 3.63) is 16.5 Å². The Morgan fingerprint density at radius 3 is 2.63 bits per heavy atom. The summed E-state index contributed by atoms with van der Waals surface area (Å²) in [7, 11) is -3.58. The molecule has 108 valence electrons. The highest BCUT2D eigenvalue weighted by atomic mass is 79.9. The predicted molar refractivity (Wildman–Crippen MR) is 74.1 cm³/mol. The van der Waals surface area contributed by atoms with E-state index in [-0.39, 0.29) is 21.9 Å². The first-order valence-corrected chi connectivity index (χ1v) is 8.69. The van der Waals surface area contributed by atoms with E-state index in [1.54, 1.807) is 0 Å². The molecule has 1 aromatic rings. The summed E-state index contributed by atoms with van der Waals surface area (Å²) < 4.78 is 32.1. The Balaban J connectivity index is 2.02. The summed E-state index contributed by atoms with van der Waals surface area (Å²) >= 11 is 3.06. The predicted octanol–water partition coefficient (Wildman–Crippen LogP) is 2.39. The lowest BCUT2D eigenvalue weighted by Gasteiger charge is -2.21. The molecular weight excluding hydrogens is 334 g/mol. The number of furan rings is 1. The van der Waals surface area contributed by atoms with Crippen molar-refractivity contribution in [2.75, 3.05) is 6.54 Å². The maximum absolute atomic E-state index is 12.1. The number of aliphatic hydroxyl groups is 1. The van der Waals surface area contributed by atoms with E-state index in [2.05, 4.69) is 20.7 Å². The standard InChI is InChI=1S/C12H18BrNO4S/c13-12-11(6-10(8-15)18-12)19(16,17)14-7-9-4-2-1-3-5-9/h6,9,14-15H,1-5,7-8H2. The summed E-state index contributed by atoms with van der Waals surface area (Å²) in [6, 6.07) is 1.34. The molecule has 0 atom stereocenters. The molecule has 19 heavy (non-hydrogen) atoms. The van der Waals surface area contributed by atoms with Crippen LogP contribution in [0.15, 0.2) is 20.0 Å². The lowest BCUT2D eigenvalue weighted by molar-refractivity contribution is 0.245. The van der Waals surface area contributed by atoms with Crippen LogP contribution in [-0.4, -0.2) is 20.1 Å². The summed E-state index contributed by atoms with van der Waals surface area (Å²) in [5.41, 5.74) is 0. The van der Waals surface area contributed by atoms with Gasteiger partial charge in [-0.25, -0.2) is 13.1 Å². The van der Waals surface area contributed by atoms with Gasteiger partial charge in [-0.05, 0) is 34.7 Å². The third-order valence-corrected chi connectivity index (χ3v) is 5.72. The van der Waals surface area contributed by atoms with E-state index in [9.17, 15) is 8.42 Å². The lowest BCUT2D eigenvalue weighted by Crippen LogP contribution is -2.30. The maximum atomic E-state index is 12.1.